The van der Waals surface area contributed by atoms with Crippen LogP contribution in [0.3, 0.4) is 0 Å². The Bertz CT molecular complexity index is 941. The molecule has 0 spiro atoms. The van der Waals surface area contributed by atoms with Gasteiger partial charge in [-0.1, -0.05) is 64.8 Å². The molecule has 0 heterocycles. The number of esters is 1. The van der Waals surface area contributed by atoms with Gasteiger partial charge in [0.05, 0.1) is 0 Å². The highest BCUT2D eigenvalue weighted by Crippen LogP contribution is 2.76. The van der Waals surface area contributed by atoms with Gasteiger partial charge >= 0.3 is 5.97 Å². The second-order valence-electron chi connectivity index (χ2n) is 14.8. The highest BCUT2D eigenvalue weighted by Gasteiger charge is 2.68. The molecule has 0 aromatic carbocycles. The third-order valence-electron chi connectivity index (χ3n) is 13.0. The summed E-state index contributed by atoms with van der Waals surface area (Å²) < 4.78 is 5.91. The molecule has 0 bridgehead atoms. The minimum Gasteiger partial charge on any atom is -0.462 e. The van der Waals surface area contributed by atoms with Crippen LogP contribution in [0.1, 0.15) is 120 Å². The Hall–Kier alpha value is -1.05. The van der Waals surface area contributed by atoms with Crippen molar-refractivity contribution in [2.75, 3.05) is 0 Å². The quantitative estimate of drug-likeness (QED) is 0.300. The third-order valence-corrected chi connectivity index (χ3v) is 13.0. The molecule has 0 saturated heterocycles. The van der Waals surface area contributed by atoms with Crippen LogP contribution in [-0.2, 0) is 9.53 Å². The van der Waals surface area contributed by atoms with E-state index < -0.39 is 0 Å². The van der Waals surface area contributed by atoms with Crippen molar-refractivity contribution < 1.29 is 9.53 Å². The van der Waals surface area contributed by atoms with E-state index in [2.05, 4.69) is 55.0 Å². The standard InChI is InChI=1S/C32H50O2/c1-20(2)22-12-15-29(6)18-19-31(8)23(27(22)29)10-11-25-30(7)16-14-26(34-21(3)33)28(4,5)24(30)13-17-32(25,31)9/h22,24-26H,1,10-19H2,2-9H3. The smallest absolute Gasteiger partial charge is 0.302 e. The Balaban J connectivity index is 1.56. The summed E-state index contributed by atoms with van der Waals surface area (Å²) in [4.78, 5) is 11.9. The Morgan fingerprint density at radius 2 is 1.56 bits per heavy atom. The molecular formula is C32H50O2. The van der Waals surface area contributed by atoms with Crippen LogP contribution in [0.4, 0.5) is 0 Å². The van der Waals surface area contributed by atoms with Crippen molar-refractivity contribution in [1.29, 1.82) is 0 Å². The normalized spacial score (nSPS) is 49.4. The monoisotopic (exact) mass is 466 g/mol. The molecule has 5 rings (SSSR count). The van der Waals surface area contributed by atoms with Crippen LogP contribution in [0.5, 0.6) is 0 Å². The van der Waals surface area contributed by atoms with Gasteiger partial charge in [-0.15, -0.1) is 0 Å². The average molecular weight is 467 g/mol. The summed E-state index contributed by atoms with van der Waals surface area (Å²) >= 11 is 0. The van der Waals surface area contributed by atoms with E-state index in [4.69, 9.17) is 4.74 Å². The zero-order valence-electron chi connectivity index (χ0n) is 23.4. The van der Waals surface area contributed by atoms with Crippen molar-refractivity contribution in [3.63, 3.8) is 0 Å². The second-order valence-corrected chi connectivity index (χ2v) is 14.8. The minimum absolute atomic E-state index is 0.0429. The van der Waals surface area contributed by atoms with Gasteiger partial charge < -0.3 is 4.74 Å². The first-order valence-corrected chi connectivity index (χ1v) is 14.3. The number of allylic oxidation sites excluding steroid dienone is 3. The van der Waals surface area contributed by atoms with Gasteiger partial charge in [-0.2, -0.15) is 0 Å². The van der Waals surface area contributed by atoms with Crippen molar-refractivity contribution in [1.82, 2.24) is 0 Å². The van der Waals surface area contributed by atoms with Gasteiger partial charge in [0.2, 0.25) is 0 Å². The van der Waals surface area contributed by atoms with Crippen LogP contribution in [0, 0.1) is 44.8 Å². The molecule has 8 atom stereocenters. The fourth-order valence-electron chi connectivity index (χ4n) is 11.0. The van der Waals surface area contributed by atoms with Crippen molar-refractivity contribution in [2.24, 2.45) is 44.8 Å². The molecule has 34 heavy (non-hydrogen) atoms. The Labute approximate surface area is 209 Å². The predicted octanol–water partition coefficient (Wildman–Crippen LogP) is 8.66. The van der Waals surface area contributed by atoms with E-state index in [1.54, 1.807) is 6.92 Å². The molecule has 0 radical (unpaired) electrons. The fourth-order valence-corrected chi connectivity index (χ4v) is 11.0. The highest BCUT2D eigenvalue weighted by molar-refractivity contribution is 5.66. The molecular weight excluding hydrogens is 416 g/mol. The predicted molar refractivity (Wildman–Crippen MR) is 140 cm³/mol. The van der Waals surface area contributed by atoms with Gasteiger partial charge in [-0.05, 0) is 105 Å². The lowest BCUT2D eigenvalue weighted by Gasteiger charge is -2.70. The maximum atomic E-state index is 11.9. The van der Waals surface area contributed by atoms with Crippen LogP contribution < -0.4 is 0 Å². The zero-order valence-corrected chi connectivity index (χ0v) is 23.4. The average Bonchev–Trinajstić information content (AvgIpc) is 3.08. The molecule has 190 valence electrons. The van der Waals surface area contributed by atoms with Gasteiger partial charge in [0, 0.05) is 18.3 Å². The fraction of sp³-hybridized carbons (Fsp3) is 0.844. The molecule has 0 amide bonds. The number of hydrogen-bond acceptors (Lipinski definition) is 2. The van der Waals surface area contributed by atoms with E-state index in [0.717, 1.165) is 12.3 Å². The largest absolute Gasteiger partial charge is 0.462 e. The summed E-state index contributed by atoms with van der Waals surface area (Å²) in [6.45, 7) is 23.7. The molecule has 0 N–H and O–H groups in total. The lowest BCUT2D eigenvalue weighted by molar-refractivity contribution is -0.212. The van der Waals surface area contributed by atoms with Gasteiger partial charge in [0.1, 0.15) is 6.10 Å². The lowest BCUT2D eigenvalue weighted by Crippen LogP contribution is -2.64. The summed E-state index contributed by atoms with van der Waals surface area (Å²) in [5.41, 5.74) is 6.54. The van der Waals surface area contributed by atoms with Crippen LogP contribution >= 0.6 is 0 Å². The summed E-state index contributed by atoms with van der Waals surface area (Å²) in [7, 11) is 0. The third kappa shape index (κ3) is 3.02. The van der Waals surface area contributed by atoms with Crippen LogP contribution in [-0.4, -0.2) is 12.1 Å². The van der Waals surface area contributed by atoms with E-state index >= 15 is 0 Å². The van der Waals surface area contributed by atoms with Gasteiger partial charge in [0.25, 0.3) is 0 Å². The van der Waals surface area contributed by atoms with Crippen molar-refractivity contribution in [2.45, 2.75) is 126 Å². The topological polar surface area (TPSA) is 26.3 Å². The van der Waals surface area contributed by atoms with Gasteiger partial charge in [0.15, 0.2) is 0 Å². The lowest BCUT2D eigenvalue weighted by atomic mass is 9.34. The summed E-state index contributed by atoms with van der Waals surface area (Å²) in [5, 5.41) is 0. The van der Waals surface area contributed by atoms with E-state index in [1.807, 2.05) is 11.1 Å². The van der Waals surface area contributed by atoms with E-state index in [0.29, 0.717) is 33.5 Å². The Kier molecular flexibility index (Phi) is 5.42. The number of carbonyl (C=O) groups is 1. The number of rotatable bonds is 2. The molecule has 5 aliphatic carbocycles. The first-order chi connectivity index (χ1) is 15.7. The van der Waals surface area contributed by atoms with Gasteiger partial charge in [-0.25, -0.2) is 0 Å². The maximum Gasteiger partial charge on any atom is 0.302 e. The number of hydrogen-bond donors (Lipinski definition) is 0. The molecule has 2 nitrogen and oxygen atoms in total. The zero-order chi connectivity index (χ0) is 24.9. The van der Waals surface area contributed by atoms with Gasteiger partial charge in [-0.3, -0.25) is 4.79 Å². The van der Waals surface area contributed by atoms with E-state index in [9.17, 15) is 4.79 Å². The summed E-state index contributed by atoms with van der Waals surface area (Å²) in [5.74, 6) is 1.87. The van der Waals surface area contributed by atoms with Crippen LogP contribution in [0.25, 0.3) is 0 Å². The van der Waals surface area contributed by atoms with E-state index in [1.165, 1.54) is 63.4 Å². The molecule has 4 fully saturated rings. The van der Waals surface area contributed by atoms with Crippen molar-refractivity contribution >= 4 is 5.97 Å². The van der Waals surface area contributed by atoms with Crippen LogP contribution in [0.15, 0.2) is 23.3 Å². The first kappa shape index (κ1) is 24.6. The molecule has 8 unspecified atom stereocenters. The van der Waals surface area contributed by atoms with Crippen molar-refractivity contribution in [3.05, 3.63) is 23.3 Å². The van der Waals surface area contributed by atoms with Crippen molar-refractivity contribution in [3.8, 4) is 0 Å². The van der Waals surface area contributed by atoms with E-state index in [-0.39, 0.29) is 17.5 Å². The van der Waals surface area contributed by atoms with Crippen LogP contribution in [0.2, 0.25) is 0 Å². The molecule has 0 aliphatic heterocycles. The molecule has 5 aliphatic rings. The second kappa shape index (κ2) is 7.48. The highest BCUT2D eigenvalue weighted by atomic mass is 16.5. The number of ether oxygens (including phenoxy) is 1. The first-order valence-electron chi connectivity index (χ1n) is 14.3. The Morgan fingerprint density at radius 3 is 2.21 bits per heavy atom. The number of carbonyl (C=O) groups excluding carboxylic acids is 1. The Morgan fingerprint density at radius 1 is 0.853 bits per heavy atom. The summed E-state index contributed by atoms with van der Waals surface area (Å²) in [6, 6.07) is 0. The number of fused-ring (bicyclic) bond motifs is 6. The molecule has 4 saturated carbocycles. The minimum atomic E-state index is -0.113. The maximum absolute atomic E-state index is 11.9. The summed E-state index contributed by atoms with van der Waals surface area (Å²) in [6.07, 6.45) is 12.9. The molecule has 2 heteroatoms. The SMILES string of the molecule is C=C(C)C1CCC2(C)CCC3(C)C(=C12)CCC1C2(C)CCC(OC(C)=O)C(C)(C)C2CCC13C. The molecule has 0 aromatic rings. The molecule has 0 aromatic heterocycles.